The number of carbonyl (C=O) groups is 1. The smallest absolute Gasteiger partial charge is 0.242 e. The SMILES string of the molecule is CNS(=O)(=O)c1ccc(N)c(N2CCNC(=O)C2C)c1. The molecule has 1 heterocycles. The van der Waals surface area contributed by atoms with Crippen LogP contribution in [0.25, 0.3) is 0 Å². The molecule has 0 bridgehead atoms. The molecule has 0 spiro atoms. The Hall–Kier alpha value is -1.80. The van der Waals surface area contributed by atoms with E-state index in [1.165, 1.54) is 19.2 Å². The van der Waals surface area contributed by atoms with Crippen molar-refractivity contribution in [1.82, 2.24) is 10.0 Å². The van der Waals surface area contributed by atoms with Gasteiger partial charge < -0.3 is 16.0 Å². The standard InChI is InChI=1S/C12H18N4O3S/c1-8-12(17)15-5-6-16(8)11-7-9(3-4-10(11)13)20(18,19)14-2/h3-4,7-8,14H,5-6,13H2,1-2H3,(H,15,17). The summed E-state index contributed by atoms with van der Waals surface area (Å²) in [5.74, 6) is -0.0995. The number of hydrogen-bond acceptors (Lipinski definition) is 5. The fraction of sp³-hybridized carbons (Fsp3) is 0.417. The van der Waals surface area contributed by atoms with Gasteiger partial charge in [-0.25, -0.2) is 13.1 Å². The molecule has 0 aliphatic carbocycles. The van der Waals surface area contributed by atoms with Gasteiger partial charge in [0.15, 0.2) is 0 Å². The Bertz CT molecular complexity index is 630. The van der Waals surface area contributed by atoms with Gasteiger partial charge in [-0.05, 0) is 32.2 Å². The molecule has 1 aliphatic rings. The van der Waals surface area contributed by atoms with Crippen LogP contribution in [0, 0.1) is 0 Å². The van der Waals surface area contributed by atoms with Crippen LogP contribution in [0.1, 0.15) is 6.92 Å². The van der Waals surface area contributed by atoms with Crippen molar-refractivity contribution >= 4 is 27.3 Å². The topological polar surface area (TPSA) is 105 Å². The number of sulfonamides is 1. The Morgan fingerprint density at radius 3 is 2.80 bits per heavy atom. The number of carbonyl (C=O) groups excluding carboxylic acids is 1. The molecule has 1 fully saturated rings. The summed E-state index contributed by atoms with van der Waals surface area (Å²) < 4.78 is 25.9. The lowest BCUT2D eigenvalue weighted by atomic mass is 10.1. The van der Waals surface area contributed by atoms with E-state index < -0.39 is 16.1 Å². The summed E-state index contributed by atoms with van der Waals surface area (Å²) in [5.41, 5.74) is 6.93. The Kier molecular flexibility index (Phi) is 3.87. The zero-order chi connectivity index (χ0) is 14.9. The number of amides is 1. The number of nitrogen functional groups attached to an aromatic ring is 1. The molecule has 1 aromatic rings. The molecule has 1 atom stereocenters. The molecule has 1 aliphatic heterocycles. The summed E-state index contributed by atoms with van der Waals surface area (Å²) in [7, 11) is -2.19. The van der Waals surface area contributed by atoms with Crippen molar-refractivity contribution in [3.05, 3.63) is 18.2 Å². The second-order valence-electron chi connectivity index (χ2n) is 4.59. The van der Waals surface area contributed by atoms with Crippen LogP contribution in [-0.2, 0) is 14.8 Å². The molecule has 1 amide bonds. The third-order valence-corrected chi connectivity index (χ3v) is 4.80. The fourth-order valence-electron chi connectivity index (χ4n) is 2.17. The Labute approximate surface area is 118 Å². The maximum absolute atomic E-state index is 11.8. The van der Waals surface area contributed by atoms with Gasteiger partial charge >= 0.3 is 0 Å². The van der Waals surface area contributed by atoms with Crippen molar-refractivity contribution in [2.75, 3.05) is 30.8 Å². The van der Waals surface area contributed by atoms with Crippen LogP contribution in [0.15, 0.2) is 23.1 Å². The normalized spacial score (nSPS) is 19.8. The minimum Gasteiger partial charge on any atom is -0.397 e. The molecule has 0 saturated carbocycles. The molecule has 4 N–H and O–H groups in total. The second kappa shape index (κ2) is 5.29. The monoisotopic (exact) mass is 298 g/mol. The van der Waals surface area contributed by atoms with Gasteiger partial charge in [0.1, 0.15) is 6.04 Å². The molecule has 0 radical (unpaired) electrons. The summed E-state index contributed by atoms with van der Waals surface area (Å²) >= 11 is 0. The van der Waals surface area contributed by atoms with E-state index in [1.54, 1.807) is 13.0 Å². The lowest BCUT2D eigenvalue weighted by Gasteiger charge is -2.35. The first-order chi connectivity index (χ1) is 9.36. The van der Waals surface area contributed by atoms with Gasteiger partial charge in [0.25, 0.3) is 0 Å². The van der Waals surface area contributed by atoms with Crippen molar-refractivity contribution < 1.29 is 13.2 Å². The van der Waals surface area contributed by atoms with Crippen LogP contribution in [0.4, 0.5) is 11.4 Å². The molecule has 1 aromatic carbocycles. The highest BCUT2D eigenvalue weighted by Gasteiger charge is 2.27. The van der Waals surface area contributed by atoms with Crippen molar-refractivity contribution in [2.45, 2.75) is 17.9 Å². The first kappa shape index (κ1) is 14.6. The fourth-order valence-corrected chi connectivity index (χ4v) is 2.92. The summed E-state index contributed by atoms with van der Waals surface area (Å²) in [4.78, 5) is 13.6. The van der Waals surface area contributed by atoms with E-state index >= 15 is 0 Å². The van der Waals surface area contributed by atoms with Crippen molar-refractivity contribution in [1.29, 1.82) is 0 Å². The number of benzene rings is 1. The van der Waals surface area contributed by atoms with E-state index in [1.807, 2.05) is 4.90 Å². The number of anilines is 2. The third kappa shape index (κ3) is 2.56. The summed E-state index contributed by atoms with van der Waals surface area (Å²) in [5, 5.41) is 2.75. The highest BCUT2D eigenvalue weighted by atomic mass is 32.2. The van der Waals surface area contributed by atoms with Gasteiger partial charge in [-0.1, -0.05) is 0 Å². The van der Waals surface area contributed by atoms with Gasteiger partial charge in [0, 0.05) is 13.1 Å². The molecule has 7 nitrogen and oxygen atoms in total. The minimum absolute atomic E-state index is 0.0995. The highest BCUT2D eigenvalue weighted by Crippen LogP contribution is 2.28. The van der Waals surface area contributed by atoms with Crippen molar-refractivity contribution in [3.63, 3.8) is 0 Å². The van der Waals surface area contributed by atoms with E-state index in [9.17, 15) is 13.2 Å². The van der Waals surface area contributed by atoms with E-state index in [0.29, 0.717) is 24.5 Å². The molecule has 0 aromatic heterocycles. The molecule has 8 heteroatoms. The first-order valence-electron chi connectivity index (χ1n) is 6.24. The lowest BCUT2D eigenvalue weighted by Crippen LogP contribution is -2.54. The summed E-state index contributed by atoms with van der Waals surface area (Å²) in [6.45, 7) is 2.85. The van der Waals surface area contributed by atoms with Crippen molar-refractivity contribution in [3.8, 4) is 0 Å². The van der Waals surface area contributed by atoms with Crippen LogP contribution < -0.4 is 20.7 Å². The zero-order valence-electron chi connectivity index (χ0n) is 11.4. The lowest BCUT2D eigenvalue weighted by molar-refractivity contribution is -0.122. The van der Waals surface area contributed by atoms with Gasteiger partial charge in [0.05, 0.1) is 16.3 Å². The number of nitrogens with one attached hydrogen (secondary N) is 2. The molecular weight excluding hydrogens is 280 g/mol. The number of nitrogens with two attached hydrogens (primary N) is 1. The third-order valence-electron chi connectivity index (χ3n) is 3.39. The Morgan fingerprint density at radius 1 is 1.45 bits per heavy atom. The molecule has 2 rings (SSSR count). The summed E-state index contributed by atoms with van der Waals surface area (Å²) in [6, 6.07) is 4.09. The van der Waals surface area contributed by atoms with Crippen molar-refractivity contribution in [2.24, 2.45) is 0 Å². The van der Waals surface area contributed by atoms with Crippen LogP contribution in [0.2, 0.25) is 0 Å². The Morgan fingerprint density at radius 2 is 2.15 bits per heavy atom. The maximum atomic E-state index is 11.8. The van der Waals surface area contributed by atoms with Gasteiger partial charge in [-0.2, -0.15) is 0 Å². The van der Waals surface area contributed by atoms with Crippen LogP contribution in [0.5, 0.6) is 0 Å². The molecule has 110 valence electrons. The quantitative estimate of drug-likeness (QED) is 0.653. The second-order valence-corrected chi connectivity index (χ2v) is 6.48. The first-order valence-corrected chi connectivity index (χ1v) is 7.72. The van der Waals surface area contributed by atoms with Gasteiger partial charge in [-0.15, -0.1) is 0 Å². The van der Waals surface area contributed by atoms with E-state index in [4.69, 9.17) is 5.73 Å². The number of nitrogens with zero attached hydrogens (tertiary/aromatic N) is 1. The predicted molar refractivity (Wildman–Crippen MR) is 76.9 cm³/mol. The van der Waals surface area contributed by atoms with Gasteiger partial charge in [-0.3, -0.25) is 4.79 Å². The molecule has 1 saturated heterocycles. The van der Waals surface area contributed by atoms with Crippen LogP contribution in [-0.4, -0.2) is 40.5 Å². The zero-order valence-corrected chi connectivity index (χ0v) is 12.2. The van der Waals surface area contributed by atoms with E-state index in [-0.39, 0.29) is 10.8 Å². The number of hydrogen-bond donors (Lipinski definition) is 3. The highest BCUT2D eigenvalue weighted by molar-refractivity contribution is 7.89. The minimum atomic E-state index is -3.54. The molecule has 1 unspecified atom stereocenters. The molecule has 20 heavy (non-hydrogen) atoms. The van der Waals surface area contributed by atoms with E-state index in [2.05, 4.69) is 10.0 Å². The number of piperazine rings is 1. The molecular formula is C12H18N4O3S. The van der Waals surface area contributed by atoms with E-state index in [0.717, 1.165) is 0 Å². The largest absolute Gasteiger partial charge is 0.397 e. The summed E-state index contributed by atoms with van der Waals surface area (Å²) in [6.07, 6.45) is 0. The number of rotatable bonds is 3. The predicted octanol–water partition coefficient (Wildman–Crippen LogP) is -0.498. The maximum Gasteiger partial charge on any atom is 0.242 e. The average molecular weight is 298 g/mol. The van der Waals surface area contributed by atoms with Crippen LogP contribution >= 0.6 is 0 Å². The average Bonchev–Trinajstić information content (AvgIpc) is 2.42. The van der Waals surface area contributed by atoms with Gasteiger partial charge in [0.2, 0.25) is 15.9 Å². The Balaban J connectivity index is 2.46. The van der Waals surface area contributed by atoms with Crippen LogP contribution in [0.3, 0.4) is 0 Å².